The molecule has 1 rings (SSSR count). The number of hydrogen-bond acceptors (Lipinski definition) is 2. The van der Waals surface area contributed by atoms with E-state index in [4.69, 9.17) is 4.55 Å². The van der Waals surface area contributed by atoms with E-state index in [-0.39, 0.29) is 0 Å². The Morgan fingerprint density at radius 2 is 2.50 bits per heavy atom. The van der Waals surface area contributed by atoms with Gasteiger partial charge in [-0.15, -0.1) is 0 Å². The van der Waals surface area contributed by atoms with Crippen LogP contribution in [0.3, 0.4) is 0 Å². The fourth-order valence-corrected chi connectivity index (χ4v) is 1.66. The summed E-state index contributed by atoms with van der Waals surface area (Å²) in [6.07, 6.45) is 3.81. The molecule has 1 aliphatic carbocycles. The first-order valence-electron chi connectivity index (χ1n) is 3.18. The second-order valence-electron chi connectivity index (χ2n) is 2.43. The van der Waals surface area contributed by atoms with Crippen LogP contribution in [0.4, 0.5) is 0 Å². The standard InChI is InChI=1S/C6H12OS/c1-2-3-5-4-6(5)8-7/h5-7H,2-4H2,1H3. The maximum absolute atomic E-state index is 8.52. The quantitative estimate of drug-likeness (QED) is 0.595. The fraction of sp³-hybridized carbons (Fsp3) is 1.00. The molecule has 2 unspecified atom stereocenters. The monoisotopic (exact) mass is 132 g/mol. The molecule has 1 N–H and O–H groups in total. The highest BCUT2D eigenvalue weighted by atomic mass is 32.2. The van der Waals surface area contributed by atoms with E-state index in [0.29, 0.717) is 5.25 Å². The average molecular weight is 132 g/mol. The van der Waals surface area contributed by atoms with Crippen LogP contribution in [-0.4, -0.2) is 9.80 Å². The van der Waals surface area contributed by atoms with Crippen molar-refractivity contribution in [1.82, 2.24) is 0 Å². The predicted molar refractivity (Wildman–Crippen MR) is 37.0 cm³/mol. The second kappa shape index (κ2) is 2.74. The lowest BCUT2D eigenvalue weighted by Crippen LogP contribution is -1.79. The van der Waals surface area contributed by atoms with Crippen molar-refractivity contribution in [1.29, 1.82) is 0 Å². The molecule has 1 fully saturated rings. The van der Waals surface area contributed by atoms with E-state index in [9.17, 15) is 0 Å². The van der Waals surface area contributed by atoms with Gasteiger partial charge in [0.1, 0.15) is 0 Å². The zero-order valence-electron chi connectivity index (χ0n) is 5.13. The topological polar surface area (TPSA) is 20.2 Å². The molecule has 2 atom stereocenters. The van der Waals surface area contributed by atoms with Crippen molar-refractivity contribution in [3.8, 4) is 0 Å². The third-order valence-electron chi connectivity index (χ3n) is 1.65. The molecule has 0 heterocycles. The minimum absolute atomic E-state index is 0.593. The molecule has 0 bridgehead atoms. The van der Waals surface area contributed by atoms with Crippen LogP contribution >= 0.6 is 12.0 Å². The van der Waals surface area contributed by atoms with E-state index >= 15 is 0 Å². The van der Waals surface area contributed by atoms with E-state index < -0.39 is 0 Å². The summed E-state index contributed by atoms with van der Waals surface area (Å²) >= 11 is 1.04. The Hall–Kier alpha value is 0.310. The van der Waals surface area contributed by atoms with Gasteiger partial charge in [-0.1, -0.05) is 13.3 Å². The SMILES string of the molecule is CCCC1CC1SO. The average Bonchev–Trinajstić information content (AvgIpc) is 2.48. The summed E-state index contributed by atoms with van der Waals surface area (Å²) in [6.45, 7) is 2.19. The van der Waals surface area contributed by atoms with Crippen LogP contribution in [0.1, 0.15) is 26.2 Å². The molecule has 0 aliphatic heterocycles. The molecule has 0 aromatic carbocycles. The van der Waals surface area contributed by atoms with Gasteiger partial charge in [0.25, 0.3) is 0 Å². The molecule has 1 nitrogen and oxygen atoms in total. The molecule has 0 amide bonds. The lowest BCUT2D eigenvalue weighted by Gasteiger charge is -1.88. The van der Waals surface area contributed by atoms with Gasteiger partial charge >= 0.3 is 0 Å². The van der Waals surface area contributed by atoms with E-state index in [2.05, 4.69) is 6.92 Å². The molecular weight excluding hydrogens is 120 g/mol. The first-order valence-corrected chi connectivity index (χ1v) is 4.02. The first-order chi connectivity index (χ1) is 3.88. The van der Waals surface area contributed by atoms with Gasteiger partial charge in [-0.3, -0.25) is 0 Å². The molecular formula is C6H12OS. The maximum Gasteiger partial charge on any atom is 0.0340 e. The van der Waals surface area contributed by atoms with Crippen molar-refractivity contribution in [3.63, 3.8) is 0 Å². The lowest BCUT2D eigenvalue weighted by atomic mass is 10.2. The van der Waals surface area contributed by atoms with Gasteiger partial charge in [-0.25, -0.2) is 0 Å². The summed E-state index contributed by atoms with van der Waals surface area (Å²) in [5, 5.41) is 0.593. The van der Waals surface area contributed by atoms with Crippen molar-refractivity contribution in [2.75, 3.05) is 0 Å². The summed E-state index contributed by atoms with van der Waals surface area (Å²) < 4.78 is 8.52. The van der Waals surface area contributed by atoms with Gasteiger partial charge in [0.2, 0.25) is 0 Å². The van der Waals surface area contributed by atoms with Gasteiger partial charge in [-0.05, 0) is 30.8 Å². The van der Waals surface area contributed by atoms with E-state index in [0.717, 1.165) is 18.0 Å². The number of hydrogen-bond donors (Lipinski definition) is 1. The first kappa shape index (κ1) is 6.43. The van der Waals surface area contributed by atoms with Gasteiger partial charge < -0.3 is 4.55 Å². The zero-order valence-corrected chi connectivity index (χ0v) is 5.95. The largest absolute Gasteiger partial charge is 0.330 e. The Morgan fingerprint density at radius 3 is 2.88 bits per heavy atom. The lowest BCUT2D eigenvalue weighted by molar-refractivity contribution is 0.652. The van der Waals surface area contributed by atoms with Crippen LogP contribution in [0.2, 0.25) is 0 Å². The van der Waals surface area contributed by atoms with E-state index in [1.807, 2.05) is 0 Å². The van der Waals surface area contributed by atoms with Crippen molar-refractivity contribution in [2.24, 2.45) is 5.92 Å². The summed E-state index contributed by atoms with van der Waals surface area (Å²) in [4.78, 5) is 0. The maximum atomic E-state index is 8.52. The molecule has 0 saturated heterocycles. The van der Waals surface area contributed by atoms with Crippen molar-refractivity contribution >= 4 is 12.0 Å². The highest BCUT2D eigenvalue weighted by molar-refractivity contribution is 7.94. The third-order valence-corrected chi connectivity index (χ3v) is 2.50. The third kappa shape index (κ3) is 1.39. The Morgan fingerprint density at radius 1 is 1.75 bits per heavy atom. The Balaban J connectivity index is 1.99. The van der Waals surface area contributed by atoms with Crippen molar-refractivity contribution < 1.29 is 4.55 Å². The Labute approximate surface area is 54.7 Å². The molecule has 0 aromatic heterocycles. The predicted octanol–water partition coefficient (Wildman–Crippen LogP) is 2.38. The molecule has 0 radical (unpaired) electrons. The van der Waals surface area contributed by atoms with Crippen LogP contribution in [0, 0.1) is 5.92 Å². The molecule has 2 heteroatoms. The van der Waals surface area contributed by atoms with Gasteiger partial charge in [0.15, 0.2) is 0 Å². The van der Waals surface area contributed by atoms with Gasteiger partial charge in [-0.2, -0.15) is 0 Å². The molecule has 48 valence electrons. The zero-order chi connectivity index (χ0) is 5.98. The Kier molecular flexibility index (Phi) is 2.20. The minimum Gasteiger partial charge on any atom is -0.330 e. The fourth-order valence-electron chi connectivity index (χ4n) is 1.02. The van der Waals surface area contributed by atoms with Gasteiger partial charge in [0, 0.05) is 5.25 Å². The summed E-state index contributed by atoms with van der Waals surface area (Å²) in [6, 6.07) is 0. The summed E-state index contributed by atoms with van der Waals surface area (Å²) in [5.41, 5.74) is 0. The van der Waals surface area contributed by atoms with Crippen LogP contribution in [0.25, 0.3) is 0 Å². The molecule has 1 saturated carbocycles. The van der Waals surface area contributed by atoms with Crippen LogP contribution in [0.15, 0.2) is 0 Å². The van der Waals surface area contributed by atoms with Crippen molar-refractivity contribution in [3.05, 3.63) is 0 Å². The van der Waals surface area contributed by atoms with E-state index in [1.165, 1.54) is 19.3 Å². The number of rotatable bonds is 3. The summed E-state index contributed by atoms with van der Waals surface area (Å²) in [5.74, 6) is 0.843. The van der Waals surface area contributed by atoms with Crippen LogP contribution in [-0.2, 0) is 0 Å². The highest BCUT2D eigenvalue weighted by Gasteiger charge is 2.36. The molecule has 0 aromatic rings. The van der Waals surface area contributed by atoms with E-state index in [1.54, 1.807) is 0 Å². The second-order valence-corrected chi connectivity index (χ2v) is 3.24. The smallest absolute Gasteiger partial charge is 0.0340 e. The molecule has 8 heavy (non-hydrogen) atoms. The highest BCUT2D eigenvalue weighted by Crippen LogP contribution is 2.42. The van der Waals surface area contributed by atoms with Crippen LogP contribution < -0.4 is 0 Å². The van der Waals surface area contributed by atoms with Crippen LogP contribution in [0.5, 0.6) is 0 Å². The Bertz CT molecular complexity index is 74.9. The summed E-state index contributed by atoms with van der Waals surface area (Å²) in [7, 11) is 0. The normalized spacial score (nSPS) is 35.2. The molecule has 1 aliphatic rings. The van der Waals surface area contributed by atoms with Gasteiger partial charge in [0.05, 0.1) is 0 Å². The van der Waals surface area contributed by atoms with Crippen molar-refractivity contribution in [2.45, 2.75) is 31.4 Å². The minimum atomic E-state index is 0.593. The molecule has 0 spiro atoms.